The van der Waals surface area contributed by atoms with E-state index < -0.39 is 0 Å². The molecule has 2 N–H and O–H groups in total. The van der Waals surface area contributed by atoms with Crippen LogP contribution in [0.25, 0.3) is 0 Å². The fourth-order valence-corrected chi connectivity index (χ4v) is 1.77. The predicted molar refractivity (Wildman–Crippen MR) is 67.6 cm³/mol. The maximum absolute atomic E-state index is 3.42. The number of aryl methyl sites for hydroxylation is 1. The van der Waals surface area contributed by atoms with Gasteiger partial charge in [-0.1, -0.05) is 22.9 Å². The summed E-state index contributed by atoms with van der Waals surface area (Å²) in [6.07, 6.45) is 2.96. The fraction of sp³-hybridized carbons (Fsp3) is 0.167. The highest BCUT2D eigenvalue weighted by atomic mass is 79.9. The Labute approximate surface area is 97.8 Å². The number of hydrogen-bond acceptors (Lipinski definition) is 1. The molecule has 2 rings (SSSR count). The molecule has 0 fully saturated rings. The van der Waals surface area contributed by atoms with Crippen LogP contribution in [-0.4, -0.2) is 4.98 Å². The maximum Gasteiger partial charge on any atom is 0.0594 e. The Morgan fingerprint density at radius 3 is 2.60 bits per heavy atom. The van der Waals surface area contributed by atoms with E-state index in [0.29, 0.717) is 0 Å². The second kappa shape index (κ2) is 4.53. The summed E-state index contributed by atoms with van der Waals surface area (Å²) in [7, 11) is 0. The van der Waals surface area contributed by atoms with Gasteiger partial charge in [0.05, 0.1) is 5.69 Å². The quantitative estimate of drug-likeness (QED) is 0.859. The molecule has 0 aliphatic heterocycles. The molecule has 0 spiro atoms. The minimum Gasteiger partial charge on any atom is -0.363 e. The SMILES string of the molecule is CCc1[nH]ccc1Nc1ccc(Br)cc1. The van der Waals surface area contributed by atoms with Gasteiger partial charge in [0.2, 0.25) is 0 Å². The van der Waals surface area contributed by atoms with E-state index in [-0.39, 0.29) is 0 Å². The van der Waals surface area contributed by atoms with Crippen LogP contribution in [-0.2, 0) is 6.42 Å². The molecule has 1 heterocycles. The molecule has 0 saturated carbocycles. The average Bonchev–Trinajstić information content (AvgIpc) is 2.69. The first-order chi connectivity index (χ1) is 7.29. The van der Waals surface area contributed by atoms with Crippen molar-refractivity contribution in [2.75, 3.05) is 5.32 Å². The van der Waals surface area contributed by atoms with Crippen molar-refractivity contribution >= 4 is 27.3 Å². The van der Waals surface area contributed by atoms with Crippen molar-refractivity contribution in [3.05, 3.63) is 46.7 Å². The largest absolute Gasteiger partial charge is 0.363 e. The molecule has 0 amide bonds. The third kappa shape index (κ3) is 2.42. The van der Waals surface area contributed by atoms with E-state index in [1.54, 1.807) is 0 Å². The highest BCUT2D eigenvalue weighted by Gasteiger charge is 2.01. The molecular weight excluding hydrogens is 252 g/mol. The first kappa shape index (κ1) is 10.3. The lowest BCUT2D eigenvalue weighted by Crippen LogP contribution is -1.92. The number of anilines is 2. The number of nitrogens with one attached hydrogen (secondary N) is 2. The normalized spacial score (nSPS) is 10.3. The van der Waals surface area contributed by atoms with Crippen LogP contribution in [0.1, 0.15) is 12.6 Å². The number of rotatable bonds is 3. The summed E-state index contributed by atoms with van der Waals surface area (Å²) in [5.41, 5.74) is 3.49. The second-order valence-corrected chi connectivity index (χ2v) is 4.27. The van der Waals surface area contributed by atoms with Gasteiger partial charge in [0, 0.05) is 22.1 Å². The van der Waals surface area contributed by atoms with Gasteiger partial charge in [0.15, 0.2) is 0 Å². The highest BCUT2D eigenvalue weighted by Crippen LogP contribution is 2.21. The smallest absolute Gasteiger partial charge is 0.0594 e. The molecule has 15 heavy (non-hydrogen) atoms. The van der Waals surface area contributed by atoms with Crippen LogP contribution in [0.15, 0.2) is 41.0 Å². The first-order valence-electron chi connectivity index (χ1n) is 4.98. The zero-order chi connectivity index (χ0) is 10.7. The number of halogens is 1. The standard InChI is InChI=1S/C12H13BrN2/c1-2-11-12(7-8-14-11)15-10-5-3-9(13)4-6-10/h3-8,14-15H,2H2,1H3. The van der Waals surface area contributed by atoms with Gasteiger partial charge >= 0.3 is 0 Å². The van der Waals surface area contributed by atoms with Crippen LogP contribution >= 0.6 is 15.9 Å². The van der Waals surface area contributed by atoms with E-state index in [0.717, 1.165) is 22.3 Å². The summed E-state index contributed by atoms with van der Waals surface area (Å²) in [4.78, 5) is 3.22. The van der Waals surface area contributed by atoms with Crippen LogP contribution < -0.4 is 5.32 Å². The zero-order valence-corrected chi connectivity index (χ0v) is 10.1. The molecule has 78 valence electrons. The van der Waals surface area contributed by atoms with E-state index >= 15 is 0 Å². The molecule has 0 radical (unpaired) electrons. The molecule has 0 saturated heterocycles. The van der Waals surface area contributed by atoms with Crippen molar-refractivity contribution in [1.29, 1.82) is 0 Å². The van der Waals surface area contributed by atoms with E-state index in [4.69, 9.17) is 0 Å². The summed E-state index contributed by atoms with van der Waals surface area (Å²) in [5.74, 6) is 0. The van der Waals surface area contributed by atoms with Gasteiger partial charge in [-0.3, -0.25) is 0 Å². The molecule has 3 heteroatoms. The Morgan fingerprint density at radius 2 is 1.93 bits per heavy atom. The lowest BCUT2D eigenvalue weighted by Gasteiger charge is -2.06. The number of benzene rings is 1. The molecule has 0 aliphatic carbocycles. The minimum absolute atomic E-state index is 1.01. The maximum atomic E-state index is 3.42. The second-order valence-electron chi connectivity index (χ2n) is 3.36. The molecule has 2 aromatic rings. The van der Waals surface area contributed by atoms with Gasteiger partial charge in [-0.15, -0.1) is 0 Å². The Bertz CT molecular complexity index is 431. The Morgan fingerprint density at radius 1 is 1.20 bits per heavy atom. The zero-order valence-electron chi connectivity index (χ0n) is 8.55. The van der Waals surface area contributed by atoms with Gasteiger partial charge in [-0.2, -0.15) is 0 Å². The molecule has 0 bridgehead atoms. The number of hydrogen-bond donors (Lipinski definition) is 2. The predicted octanol–water partition coefficient (Wildman–Crippen LogP) is 4.08. The van der Waals surface area contributed by atoms with Gasteiger partial charge in [-0.05, 0) is 36.8 Å². The van der Waals surface area contributed by atoms with Crippen molar-refractivity contribution < 1.29 is 0 Å². The van der Waals surface area contributed by atoms with Crippen molar-refractivity contribution in [3.8, 4) is 0 Å². The van der Waals surface area contributed by atoms with E-state index in [2.05, 4.69) is 51.4 Å². The molecule has 1 aromatic heterocycles. The molecule has 0 aliphatic rings. The number of H-pyrrole nitrogens is 1. The number of aromatic nitrogens is 1. The Balaban J connectivity index is 2.18. The molecule has 2 nitrogen and oxygen atoms in total. The average molecular weight is 265 g/mol. The summed E-state index contributed by atoms with van der Waals surface area (Å²) in [5, 5.41) is 3.38. The molecule has 0 atom stereocenters. The lowest BCUT2D eigenvalue weighted by atomic mass is 10.2. The van der Waals surface area contributed by atoms with Gasteiger partial charge in [-0.25, -0.2) is 0 Å². The third-order valence-electron chi connectivity index (χ3n) is 2.31. The molecule has 0 unspecified atom stereocenters. The third-order valence-corrected chi connectivity index (χ3v) is 2.84. The molecule has 1 aromatic carbocycles. The van der Waals surface area contributed by atoms with E-state index in [9.17, 15) is 0 Å². The lowest BCUT2D eigenvalue weighted by molar-refractivity contribution is 1.06. The van der Waals surface area contributed by atoms with Gasteiger partial charge < -0.3 is 10.3 Å². The van der Waals surface area contributed by atoms with E-state index in [1.165, 1.54) is 5.69 Å². The van der Waals surface area contributed by atoms with Crippen molar-refractivity contribution in [2.24, 2.45) is 0 Å². The van der Waals surface area contributed by atoms with Gasteiger partial charge in [0.1, 0.15) is 0 Å². The van der Waals surface area contributed by atoms with Crippen molar-refractivity contribution in [1.82, 2.24) is 4.98 Å². The first-order valence-corrected chi connectivity index (χ1v) is 5.77. The fourth-order valence-electron chi connectivity index (χ4n) is 1.50. The van der Waals surface area contributed by atoms with Crippen LogP contribution in [0.3, 0.4) is 0 Å². The Hall–Kier alpha value is -1.22. The Kier molecular flexibility index (Phi) is 3.11. The van der Waals surface area contributed by atoms with Crippen molar-refractivity contribution in [2.45, 2.75) is 13.3 Å². The van der Waals surface area contributed by atoms with Crippen LogP contribution in [0.4, 0.5) is 11.4 Å². The van der Waals surface area contributed by atoms with Gasteiger partial charge in [0.25, 0.3) is 0 Å². The van der Waals surface area contributed by atoms with Crippen molar-refractivity contribution in [3.63, 3.8) is 0 Å². The molecular formula is C12H13BrN2. The van der Waals surface area contributed by atoms with E-state index in [1.807, 2.05) is 18.3 Å². The topological polar surface area (TPSA) is 27.8 Å². The van der Waals surface area contributed by atoms with Crippen LogP contribution in [0.5, 0.6) is 0 Å². The minimum atomic E-state index is 1.01. The monoisotopic (exact) mass is 264 g/mol. The number of aromatic amines is 1. The summed E-state index contributed by atoms with van der Waals surface area (Å²) >= 11 is 3.42. The summed E-state index contributed by atoms with van der Waals surface area (Å²) in [6.45, 7) is 2.14. The summed E-state index contributed by atoms with van der Waals surface area (Å²) < 4.78 is 1.10. The van der Waals surface area contributed by atoms with Crippen LogP contribution in [0, 0.1) is 0 Å². The van der Waals surface area contributed by atoms with Crippen LogP contribution in [0.2, 0.25) is 0 Å². The summed E-state index contributed by atoms with van der Waals surface area (Å²) in [6, 6.07) is 10.2. The highest BCUT2D eigenvalue weighted by molar-refractivity contribution is 9.10.